The molecule has 0 saturated heterocycles. The van der Waals surface area contributed by atoms with E-state index in [-0.39, 0.29) is 23.4 Å². The highest BCUT2D eigenvalue weighted by atomic mass is 35.5. The fourth-order valence-electron chi connectivity index (χ4n) is 3.40. The van der Waals surface area contributed by atoms with E-state index < -0.39 is 5.82 Å². The Morgan fingerprint density at radius 2 is 2.25 bits per heavy atom. The van der Waals surface area contributed by atoms with Crippen molar-refractivity contribution >= 4 is 28.8 Å². The van der Waals surface area contributed by atoms with Gasteiger partial charge < -0.3 is 9.88 Å². The highest BCUT2D eigenvalue weighted by Crippen LogP contribution is 2.24. The quantitative estimate of drug-likeness (QED) is 0.701. The normalized spacial score (nSPS) is 16.5. The van der Waals surface area contributed by atoms with Crippen LogP contribution in [0.2, 0.25) is 5.02 Å². The third kappa shape index (κ3) is 4.07. The predicted octanol–water partition coefficient (Wildman–Crippen LogP) is 3.57. The molecule has 3 heterocycles. The number of hydrogen-bond acceptors (Lipinski definition) is 5. The van der Waals surface area contributed by atoms with Gasteiger partial charge in [-0.25, -0.2) is 9.37 Å². The highest BCUT2D eigenvalue weighted by Gasteiger charge is 2.23. The number of aryl methyl sites for hydroxylation is 2. The summed E-state index contributed by atoms with van der Waals surface area (Å²) in [5, 5.41) is 14.9. The Kier molecular flexibility index (Phi) is 5.41. The molecule has 1 amide bonds. The molecule has 0 radical (unpaired) electrons. The fraction of sp³-hybridized carbons (Fsp3) is 0.368. The standard InChI is InChI=1S/C19H19ClFN5OS/c1-11-22-16(10-28-11)19-25-24-17-5-4-14(6-7-26(17)19)23-18(27)8-12-2-3-13(21)9-15(12)20/h2-3,9-10,14H,4-8H2,1H3,(H,23,27). The summed E-state index contributed by atoms with van der Waals surface area (Å²) in [5.41, 5.74) is 1.46. The first kappa shape index (κ1) is 19.0. The molecule has 3 aromatic rings. The number of amides is 1. The molecule has 0 aliphatic carbocycles. The van der Waals surface area contributed by atoms with Gasteiger partial charge in [-0.1, -0.05) is 17.7 Å². The first-order chi connectivity index (χ1) is 13.5. The van der Waals surface area contributed by atoms with Crippen LogP contribution in [-0.2, 0) is 24.2 Å². The van der Waals surface area contributed by atoms with Gasteiger partial charge in [-0.05, 0) is 37.5 Å². The minimum atomic E-state index is -0.410. The van der Waals surface area contributed by atoms with E-state index in [1.165, 1.54) is 12.1 Å². The summed E-state index contributed by atoms with van der Waals surface area (Å²) in [5.74, 6) is 1.17. The average Bonchev–Trinajstić information content (AvgIpc) is 3.20. The van der Waals surface area contributed by atoms with Crippen LogP contribution in [0.4, 0.5) is 4.39 Å². The number of nitrogens with one attached hydrogen (secondary N) is 1. The monoisotopic (exact) mass is 419 g/mol. The number of aromatic nitrogens is 4. The van der Waals surface area contributed by atoms with Gasteiger partial charge >= 0.3 is 0 Å². The average molecular weight is 420 g/mol. The van der Waals surface area contributed by atoms with Crippen molar-refractivity contribution in [2.45, 2.75) is 45.2 Å². The Balaban J connectivity index is 1.40. The second kappa shape index (κ2) is 7.97. The molecule has 6 nitrogen and oxygen atoms in total. The van der Waals surface area contributed by atoms with E-state index in [0.29, 0.717) is 5.56 Å². The molecular formula is C19H19ClFN5OS. The van der Waals surface area contributed by atoms with E-state index >= 15 is 0 Å². The third-order valence-electron chi connectivity index (χ3n) is 4.82. The fourth-order valence-corrected chi connectivity index (χ4v) is 4.23. The first-order valence-electron chi connectivity index (χ1n) is 9.07. The van der Waals surface area contributed by atoms with E-state index in [0.717, 1.165) is 48.2 Å². The van der Waals surface area contributed by atoms with Crippen LogP contribution >= 0.6 is 22.9 Å². The Morgan fingerprint density at radius 1 is 1.39 bits per heavy atom. The third-order valence-corrected chi connectivity index (χ3v) is 5.95. The zero-order chi connectivity index (χ0) is 19.7. The molecule has 1 N–H and O–H groups in total. The summed E-state index contributed by atoms with van der Waals surface area (Å²) in [6.07, 6.45) is 2.44. The SMILES string of the molecule is Cc1nc(-c2nnc3n2CCC(NC(=O)Cc2ccc(F)cc2Cl)CC3)cs1. The van der Waals surface area contributed by atoms with Gasteiger partial charge in [0, 0.05) is 29.4 Å². The van der Waals surface area contributed by atoms with Crippen LogP contribution in [-0.4, -0.2) is 31.7 Å². The van der Waals surface area contributed by atoms with Gasteiger partial charge in [0.2, 0.25) is 5.91 Å². The molecule has 4 rings (SSSR count). The highest BCUT2D eigenvalue weighted by molar-refractivity contribution is 7.09. The lowest BCUT2D eigenvalue weighted by atomic mass is 10.1. The molecule has 1 aliphatic rings. The molecule has 146 valence electrons. The lowest BCUT2D eigenvalue weighted by Gasteiger charge is -2.16. The summed E-state index contributed by atoms with van der Waals surface area (Å²) >= 11 is 7.61. The number of benzene rings is 1. The van der Waals surface area contributed by atoms with E-state index in [1.54, 1.807) is 17.4 Å². The van der Waals surface area contributed by atoms with Gasteiger partial charge in [-0.15, -0.1) is 21.5 Å². The minimum absolute atomic E-state index is 0.0402. The van der Waals surface area contributed by atoms with Crippen LogP contribution in [0.25, 0.3) is 11.5 Å². The Labute approximate surface area is 170 Å². The van der Waals surface area contributed by atoms with Gasteiger partial charge in [0.15, 0.2) is 5.82 Å². The van der Waals surface area contributed by atoms with Gasteiger partial charge in [0.05, 0.1) is 11.4 Å². The number of thiazole rings is 1. The van der Waals surface area contributed by atoms with Crippen LogP contribution in [0.3, 0.4) is 0 Å². The van der Waals surface area contributed by atoms with Crippen LogP contribution < -0.4 is 5.32 Å². The number of halogens is 2. The lowest BCUT2D eigenvalue weighted by Crippen LogP contribution is -2.36. The number of rotatable bonds is 4. The zero-order valence-electron chi connectivity index (χ0n) is 15.3. The first-order valence-corrected chi connectivity index (χ1v) is 10.3. The topological polar surface area (TPSA) is 72.7 Å². The molecule has 0 spiro atoms. The predicted molar refractivity (Wildman–Crippen MR) is 106 cm³/mol. The van der Waals surface area contributed by atoms with Crippen molar-refractivity contribution in [3.8, 4) is 11.5 Å². The van der Waals surface area contributed by atoms with Crippen LogP contribution in [0.15, 0.2) is 23.6 Å². The van der Waals surface area contributed by atoms with Crippen molar-refractivity contribution in [2.24, 2.45) is 0 Å². The molecular weight excluding hydrogens is 401 g/mol. The maximum absolute atomic E-state index is 13.2. The molecule has 1 atom stereocenters. The summed E-state index contributed by atoms with van der Waals surface area (Å²) in [7, 11) is 0. The molecule has 9 heteroatoms. The van der Waals surface area contributed by atoms with E-state index in [1.807, 2.05) is 12.3 Å². The van der Waals surface area contributed by atoms with Crippen molar-refractivity contribution in [1.29, 1.82) is 0 Å². The summed E-state index contributed by atoms with van der Waals surface area (Å²) in [6.45, 7) is 2.68. The number of nitrogens with zero attached hydrogens (tertiary/aromatic N) is 4. The Hall–Kier alpha value is -2.32. The largest absolute Gasteiger partial charge is 0.353 e. The van der Waals surface area contributed by atoms with Crippen LogP contribution in [0, 0.1) is 12.7 Å². The van der Waals surface area contributed by atoms with Crippen LogP contribution in [0.5, 0.6) is 0 Å². The molecule has 0 bridgehead atoms. The van der Waals surface area contributed by atoms with Gasteiger partial charge in [0.1, 0.15) is 17.3 Å². The van der Waals surface area contributed by atoms with Crippen molar-refractivity contribution in [2.75, 3.05) is 0 Å². The summed E-state index contributed by atoms with van der Waals surface area (Å²) in [6, 6.07) is 4.13. The number of fused-ring (bicyclic) bond motifs is 1. The van der Waals surface area contributed by atoms with Gasteiger partial charge in [-0.3, -0.25) is 4.79 Å². The molecule has 0 fully saturated rings. The molecule has 0 saturated carbocycles. The van der Waals surface area contributed by atoms with E-state index in [2.05, 4.69) is 25.1 Å². The Morgan fingerprint density at radius 3 is 3.00 bits per heavy atom. The second-order valence-corrected chi connectivity index (χ2v) is 8.32. The molecule has 2 aromatic heterocycles. The number of hydrogen-bond donors (Lipinski definition) is 1. The van der Waals surface area contributed by atoms with Crippen molar-refractivity contribution in [3.63, 3.8) is 0 Å². The smallest absolute Gasteiger partial charge is 0.224 e. The van der Waals surface area contributed by atoms with Gasteiger partial charge in [0.25, 0.3) is 0 Å². The van der Waals surface area contributed by atoms with E-state index in [4.69, 9.17) is 11.6 Å². The number of carbonyl (C=O) groups is 1. The van der Waals surface area contributed by atoms with Gasteiger partial charge in [-0.2, -0.15) is 0 Å². The van der Waals surface area contributed by atoms with Crippen molar-refractivity contribution < 1.29 is 9.18 Å². The maximum atomic E-state index is 13.2. The van der Waals surface area contributed by atoms with E-state index in [9.17, 15) is 9.18 Å². The summed E-state index contributed by atoms with van der Waals surface area (Å²) in [4.78, 5) is 16.9. The summed E-state index contributed by atoms with van der Waals surface area (Å²) < 4.78 is 15.3. The maximum Gasteiger partial charge on any atom is 0.224 e. The second-order valence-electron chi connectivity index (χ2n) is 6.85. The minimum Gasteiger partial charge on any atom is -0.353 e. The zero-order valence-corrected chi connectivity index (χ0v) is 16.9. The Bertz CT molecular complexity index is 1020. The lowest BCUT2D eigenvalue weighted by molar-refractivity contribution is -0.121. The number of carbonyl (C=O) groups excluding carboxylic acids is 1. The molecule has 28 heavy (non-hydrogen) atoms. The molecule has 1 unspecified atom stereocenters. The molecule has 1 aliphatic heterocycles. The van der Waals surface area contributed by atoms with Crippen LogP contribution in [0.1, 0.15) is 29.2 Å². The molecule has 1 aromatic carbocycles. The van der Waals surface area contributed by atoms with Crippen molar-refractivity contribution in [3.05, 3.63) is 50.8 Å². The van der Waals surface area contributed by atoms with Crippen molar-refractivity contribution in [1.82, 2.24) is 25.1 Å².